The predicted octanol–water partition coefficient (Wildman–Crippen LogP) is 2.22. The molecule has 108 valence electrons. The number of nitrogen functional groups attached to an aromatic ring is 1. The zero-order valence-corrected chi connectivity index (χ0v) is 12.4. The Labute approximate surface area is 118 Å². The third-order valence-corrected chi connectivity index (χ3v) is 3.62. The number of benzene rings is 1. The van der Waals surface area contributed by atoms with Crippen LogP contribution >= 0.6 is 0 Å². The SMILES string of the molecule is COc1ccc(-c2nnnn2CC(C)C(C)C)cc1N. The summed E-state index contributed by atoms with van der Waals surface area (Å²) in [7, 11) is 1.60. The molecule has 0 aliphatic rings. The summed E-state index contributed by atoms with van der Waals surface area (Å²) < 4.78 is 6.99. The maximum atomic E-state index is 5.93. The molecule has 6 nitrogen and oxygen atoms in total. The van der Waals surface area contributed by atoms with Crippen LogP contribution in [-0.2, 0) is 6.54 Å². The molecule has 0 saturated heterocycles. The van der Waals surface area contributed by atoms with Gasteiger partial charge in [0.25, 0.3) is 0 Å². The number of anilines is 1. The van der Waals surface area contributed by atoms with Crippen molar-refractivity contribution in [1.29, 1.82) is 0 Å². The van der Waals surface area contributed by atoms with Gasteiger partial charge in [-0.25, -0.2) is 4.68 Å². The van der Waals surface area contributed by atoms with Gasteiger partial charge < -0.3 is 10.5 Å². The Bertz CT molecular complexity index is 579. The number of aromatic nitrogens is 4. The highest BCUT2D eigenvalue weighted by Crippen LogP contribution is 2.27. The smallest absolute Gasteiger partial charge is 0.182 e. The van der Waals surface area contributed by atoms with E-state index in [1.807, 2.05) is 22.9 Å². The van der Waals surface area contributed by atoms with Crippen LogP contribution in [-0.4, -0.2) is 27.3 Å². The first kappa shape index (κ1) is 14.3. The summed E-state index contributed by atoms with van der Waals surface area (Å²) in [6.45, 7) is 7.37. The Morgan fingerprint density at radius 2 is 2.05 bits per heavy atom. The quantitative estimate of drug-likeness (QED) is 0.846. The minimum Gasteiger partial charge on any atom is -0.495 e. The van der Waals surface area contributed by atoms with Crippen LogP contribution in [0.25, 0.3) is 11.4 Å². The molecule has 0 bridgehead atoms. The summed E-state index contributed by atoms with van der Waals surface area (Å²) in [6, 6.07) is 5.58. The van der Waals surface area contributed by atoms with Crippen LogP contribution in [0.3, 0.4) is 0 Å². The van der Waals surface area contributed by atoms with Crippen molar-refractivity contribution in [3.05, 3.63) is 18.2 Å². The number of hydrogen-bond donors (Lipinski definition) is 1. The van der Waals surface area contributed by atoms with Gasteiger partial charge in [-0.3, -0.25) is 0 Å². The molecule has 6 heteroatoms. The summed E-state index contributed by atoms with van der Waals surface area (Å²) in [4.78, 5) is 0. The molecule has 1 unspecified atom stereocenters. The Balaban J connectivity index is 2.30. The number of tetrazole rings is 1. The molecule has 1 aromatic heterocycles. The second-order valence-electron chi connectivity index (χ2n) is 5.36. The number of rotatable bonds is 5. The molecule has 0 radical (unpaired) electrons. The minimum atomic E-state index is 0.493. The number of nitrogens with two attached hydrogens (primary N) is 1. The lowest BCUT2D eigenvalue weighted by Crippen LogP contribution is -2.15. The number of hydrogen-bond acceptors (Lipinski definition) is 5. The Morgan fingerprint density at radius 1 is 1.30 bits per heavy atom. The fraction of sp³-hybridized carbons (Fsp3) is 0.500. The summed E-state index contributed by atoms with van der Waals surface area (Å²) in [5, 5.41) is 11.9. The van der Waals surface area contributed by atoms with Crippen LogP contribution in [0.5, 0.6) is 5.75 Å². The van der Waals surface area contributed by atoms with Crippen molar-refractivity contribution in [3.8, 4) is 17.1 Å². The van der Waals surface area contributed by atoms with Crippen molar-refractivity contribution in [3.63, 3.8) is 0 Å². The van der Waals surface area contributed by atoms with Crippen molar-refractivity contribution in [2.45, 2.75) is 27.3 Å². The van der Waals surface area contributed by atoms with Crippen molar-refractivity contribution in [1.82, 2.24) is 20.2 Å². The van der Waals surface area contributed by atoms with Crippen molar-refractivity contribution in [2.24, 2.45) is 11.8 Å². The standard InChI is InChI=1S/C14H21N5O/c1-9(2)10(3)8-19-14(16-17-18-19)11-5-6-13(20-4)12(15)7-11/h5-7,9-10H,8,15H2,1-4H3. The Morgan fingerprint density at radius 3 is 2.65 bits per heavy atom. The first-order chi connectivity index (χ1) is 9.52. The van der Waals surface area contributed by atoms with Crippen molar-refractivity contribution in [2.75, 3.05) is 12.8 Å². The second-order valence-corrected chi connectivity index (χ2v) is 5.36. The monoisotopic (exact) mass is 275 g/mol. The fourth-order valence-corrected chi connectivity index (χ4v) is 1.89. The fourth-order valence-electron chi connectivity index (χ4n) is 1.89. The Hall–Kier alpha value is -2.11. The van der Waals surface area contributed by atoms with E-state index in [0.717, 1.165) is 17.9 Å². The highest BCUT2D eigenvalue weighted by molar-refractivity contribution is 5.66. The highest BCUT2D eigenvalue weighted by Gasteiger charge is 2.15. The van der Waals surface area contributed by atoms with Gasteiger partial charge in [-0.15, -0.1) is 5.10 Å². The van der Waals surface area contributed by atoms with Gasteiger partial charge in [-0.2, -0.15) is 0 Å². The lowest BCUT2D eigenvalue weighted by Gasteiger charge is -2.16. The van der Waals surface area contributed by atoms with Gasteiger partial charge in [0.1, 0.15) is 5.75 Å². The van der Waals surface area contributed by atoms with E-state index in [0.29, 0.717) is 23.3 Å². The molecule has 0 fully saturated rings. The molecular weight excluding hydrogens is 254 g/mol. The summed E-state index contributed by atoms with van der Waals surface area (Å²) in [5.74, 6) is 2.45. The lowest BCUT2D eigenvalue weighted by atomic mass is 9.98. The van der Waals surface area contributed by atoms with Crippen LogP contribution in [0.1, 0.15) is 20.8 Å². The van der Waals surface area contributed by atoms with Crippen LogP contribution in [0, 0.1) is 11.8 Å². The first-order valence-electron chi connectivity index (χ1n) is 6.73. The highest BCUT2D eigenvalue weighted by atomic mass is 16.5. The van der Waals surface area contributed by atoms with Gasteiger partial charge in [0.2, 0.25) is 0 Å². The number of methoxy groups -OCH3 is 1. The van der Waals surface area contributed by atoms with Crippen molar-refractivity contribution < 1.29 is 4.74 Å². The van der Waals surface area contributed by atoms with E-state index in [2.05, 4.69) is 36.3 Å². The van der Waals surface area contributed by atoms with Crippen LogP contribution in [0.2, 0.25) is 0 Å². The van der Waals surface area contributed by atoms with Crippen LogP contribution in [0.15, 0.2) is 18.2 Å². The van der Waals surface area contributed by atoms with E-state index in [4.69, 9.17) is 10.5 Å². The molecule has 0 spiro atoms. The molecule has 0 saturated carbocycles. The van der Waals surface area contributed by atoms with Gasteiger partial charge in [-0.1, -0.05) is 20.8 Å². The van der Waals surface area contributed by atoms with Gasteiger partial charge in [-0.05, 0) is 40.5 Å². The third kappa shape index (κ3) is 2.89. The van der Waals surface area contributed by atoms with E-state index >= 15 is 0 Å². The van der Waals surface area contributed by atoms with Gasteiger partial charge in [0, 0.05) is 12.1 Å². The normalized spacial score (nSPS) is 12.7. The van der Waals surface area contributed by atoms with E-state index in [1.54, 1.807) is 7.11 Å². The zero-order chi connectivity index (χ0) is 14.7. The summed E-state index contributed by atoms with van der Waals surface area (Å²) >= 11 is 0. The van der Waals surface area contributed by atoms with Crippen LogP contribution < -0.4 is 10.5 Å². The molecule has 2 rings (SSSR count). The maximum Gasteiger partial charge on any atom is 0.182 e. The number of nitrogens with zero attached hydrogens (tertiary/aromatic N) is 4. The van der Waals surface area contributed by atoms with E-state index in [-0.39, 0.29) is 0 Å². The average Bonchev–Trinajstić information content (AvgIpc) is 2.86. The topological polar surface area (TPSA) is 78.9 Å². The predicted molar refractivity (Wildman–Crippen MR) is 78.2 cm³/mol. The third-order valence-electron chi connectivity index (χ3n) is 3.62. The molecule has 0 aliphatic carbocycles. The molecule has 0 amide bonds. The lowest BCUT2D eigenvalue weighted by molar-refractivity contribution is 0.347. The number of ether oxygens (including phenoxy) is 1. The molecule has 1 aromatic carbocycles. The minimum absolute atomic E-state index is 0.493. The molecular formula is C14H21N5O. The summed E-state index contributed by atoms with van der Waals surface area (Å²) in [6.07, 6.45) is 0. The second kappa shape index (κ2) is 5.90. The van der Waals surface area contributed by atoms with Crippen molar-refractivity contribution >= 4 is 5.69 Å². The van der Waals surface area contributed by atoms with E-state index < -0.39 is 0 Å². The largest absolute Gasteiger partial charge is 0.495 e. The molecule has 0 aliphatic heterocycles. The van der Waals surface area contributed by atoms with E-state index in [9.17, 15) is 0 Å². The first-order valence-corrected chi connectivity index (χ1v) is 6.73. The molecule has 20 heavy (non-hydrogen) atoms. The van der Waals surface area contributed by atoms with E-state index in [1.165, 1.54) is 0 Å². The Kier molecular flexibility index (Phi) is 4.22. The van der Waals surface area contributed by atoms with Gasteiger partial charge >= 0.3 is 0 Å². The molecule has 1 heterocycles. The van der Waals surface area contributed by atoms with Gasteiger partial charge in [0.15, 0.2) is 5.82 Å². The average molecular weight is 275 g/mol. The molecule has 2 aromatic rings. The summed E-state index contributed by atoms with van der Waals surface area (Å²) in [5.41, 5.74) is 7.41. The maximum absolute atomic E-state index is 5.93. The van der Waals surface area contributed by atoms with Crippen LogP contribution in [0.4, 0.5) is 5.69 Å². The zero-order valence-electron chi connectivity index (χ0n) is 12.4. The van der Waals surface area contributed by atoms with Gasteiger partial charge in [0.05, 0.1) is 12.8 Å². The molecule has 2 N–H and O–H groups in total. The molecule has 1 atom stereocenters.